The molecule has 1 aromatic heterocycles. The number of rotatable bonds is 8. The van der Waals surface area contributed by atoms with Crippen molar-refractivity contribution in [2.24, 2.45) is 0 Å². The van der Waals surface area contributed by atoms with Crippen LogP contribution in [0.5, 0.6) is 0 Å². The largest absolute Gasteiger partial charge is 0.325 e. The molecule has 0 fully saturated rings. The van der Waals surface area contributed by atoms with Crippen molar-refractivity contribution in [2.75, 3.05) is 10.6 Å². The van der Waals surface area contributed by atoms with Gasteiger partial charge in [0.1, 0.15) is 12.4 Å². The van der Waals surface area contributed by atoms with E-state index in [0.717, 1.165) is 16.8 Å². The van der Waals surface area contributed by atoms with E-state index in [2.05, 4.69) is 15.6 Å². The zero-order valence-electron chi connectivity index (χ0n) is 20.3. The number of aromatic nitrogens is 2. The summed E-state index contributed by atoms with van der Waals surface area (Å²) in [5.74, 6) is -0.731. The maximum atomic E-state index is 13.4. The minimum atomic E-state index is -0.480. The van der Waals surface area contributed by atoms with Gasteiger partial charge in [0.2, 0.25) is 11.8 Å². The second-order valence-corrected chi connectivity index (χ2v) is 9.83. The Kier molecular flexibility index (Phi) is 7.85. The summed E-state index contributed by atoms with van der Waals surface area (Å²) < 4.78 is 15.1. The van der Waals surface area contributed by atoms with Crippen molar-refractivity contribution in [1.29, 1.82) is 0 Å². The average molecular weight is 503 g/mol. The van der Waals surface area contributed by atoms with Crippen molar-refractivity contribution in [3.05, 3.63) is 95.9 Å². The van der Waals surface area contributed by atoms with Gasteiger partial charge in [0, 0.05) is 23.1 Å². The van der Waals surface area contributed by atoms with Gasteiger partial charge in [-0.2, -0.15) is 0 Å². The number of aryl methyl sites for hydroxylation is 2. The third kappa shape index (κ3) is 6.40. The number of carbonyl (C=O) groups is 2. The highest BCUT2D eigenvalue weighted by atomic mass is 32.2. The maximum Gasteiger partial charge on any atom is 0.244 e. The van der Waals surface area contributed by atoms with Crippen LogP contribution in [0.1, 0.15) is 18.1 Å². The minimum Gasteiger partial charge on any atom is -0.325 e. The normalized spacial score (nSPS) is 11.7. The molecule has 0 bridgehead atoms. The summed E-state index contributed by atoms with van der Waals surface area (Å²) in [7, 11) is 0. The predicted molar refractivity (Wildman–Crippen MR) is 143 cm³/mol. The van der Waals surface area contributed by atoms with Crippen LogP contribution < -0.4 is 10.6 Å². The van der Waals surface area contributed by atoms with E-state index in [1.54, 1.807) is 29.8 Å². The van der Waals surface area contributed by atoms with Crippen LogP contribution in [0, 0.1) is 19.7 Å². The standard InChI is InChI=1S/C28H27FN4O2S/c1-18-7-6-9-23(15-18)30-26(34)17-33-16-25(21-11-13-22(29)14-12-21)32-28(33)36-20(3)27(35)31-24-10-5-4-8-19(24)2/h4-16,20H,17H2,1-3H3,(H,30,34)(H,31,35). The Balaban J connectivity index is 1.55. The number of halogens is 1. The Labute approximate surface area is 214 Å². The molecule has 4 rings (SSSR count). The van der Waals surface area contributed by atoms with Crippen LogP contribution in [0.4, 0.5) is 15.8 Å². The van der Waals surface area contributed by atoms with Gasteiger partial charge in [-0.1, -0.05) is 42.1 Å². The van der Waals surface area contributed by atoms with Gasteiger partial charge in [0.05, 0.1) is 10.9 Å². The van der Waals surface area contributed by atoms with Crippen LogP contribution in [0.3, 0.4) is 0 Å². The molecule has 1 unspecified atom stereocenters. The number of amides is 2. The molecule has 1 atom stereocenters. The number of para-hydroxylation sites is 1. The van der Waals surface area contributed by atoms with Crippen LogP contribution in [-0.4, -0.2) is 26.6 Å². The van der Waals surface area contributed by atoms with Crippen LogP contribution in [0.25, 0.3) is 11.3 Å². The first-order valence-corrected chi connectivity index (χ1v) is 12.4. The first-order chi connectivity index (χ1) is 17.3. The van der Waals surface area contributed by atoms with E-state index < -0.39 is 5.25 Å². The Morgan fingerprint density at radius 3 is 2.47 bits per heavy atom. The van der Waals surface area contributed by atoms with Crippen molar-refractivity contribution >= 4 is 35.0 Å². The van der Waals surface area contributed by atoms with Crippen molar-refractivity contribution in [2.45, 2.75) is 37.7 Å². The number of thioether (sulfide) groups is 1. The zero-order valence-corrected chi connectivity index (χ0v) is 21.1. The molecule has 2 amide bonds. The molecule has 1 heterocycles. The van der Waals surface area contributed by atoms with Crippen molar-refractivity contribution in [1.82, 2.24) is 9.55 Å². The van der Waals surface area contributed by atoms with Gasteiger partial charge in [0.15, 0.2) is 5.16 Å². The molecule has 0 saturated heterocycles. The summed E-state index contributed by atoms with van der Waals surface area (Å²) in [4.78, 5) is 30.4. The number of hydrogen-bond acceptors (Lipinski definition) is 4. The molecule has 6 nitrogen and oxygen atoms in total. The fourth-order valence-corrected chi connectivity index (χ4v) is 4.49. The van der Waals surface area contributed by atoms with Crippen molar-refractivity contribution in [3.63, 3.8) is 0 Å². The average Bonchev–Trinajstić information content (AvgIpc) is 3.22. The first kappa shape index (κ1) is 25.2. The van der Waals surface area contributed by atoms with Gasteiger partial charge in [-0.15, -0.1) is 0 Å². The molecule has 0 spiro atoms. The summed E-state index contributed by atoms with van der Waals surface area (Å²) in [5, 5.41) is 5.89. The Hall–Kier alpha value is -3.91. The number of nitrogens with zero attached hydrogens (tertiary/aromatic N) is 2. The first-order valence-electron chi connectivity index (χ1n) is 11.5. The molecule has 3 aromatic carbocycles. The molecule has 0 aliphatic carbocycles. The van der Waals surface area contributed by atoms with Gasteiger partial charge in [0.25, 0.3) is 0 Å². The highest BCUT2D eigenvalue weighted by Gasteiger charge is 2.21. The topological polar surface area (TPSA) is 76.0 Å². The maximum absolute atomic E-state index is 13.4. The predicted octanol–water partition coefficient (Wildman–Crippen LogP) is 6.06. The van der Waals surface area contributed by atoms with Crippen LogP contribution in [0.15, 0.2) is 84.1 Å². The van der Waals surface area contributed by atoms with Crippen LogP contribution >= 0.6 is 11.8 Å². The quantitative estimate of drug-likeness (QED) is 0.287. The van der Waals surface area contributed by atoms with Gasteiger partial charge < -0.3 is 15.2 Å². The van der Waals surface area contributed by atoms with Gasteiger partial charge in [-0.05, 0) is 74.4 Å². The molecular weight excluding hydrogens is 475 g/mol. The van der Waals surface area contributed by atoms with E-state index >= 15 is 0 Å². The molecule has 184 valence electrons. The SMILES string of the molecule is Cc1cccc(NC(=O)Cn2cc(-c3ccc(F)cc3)nc2SC(C)C(=O)Nc2ccccc2C)c1. The molecule has 0 radical (unpaired) electrons. The second-order valence-electron chi connectivity index (χ2n) is 8.53. The molecule has 8 heteroatoms. The third-order valence-electron chi connectivity index (χ3n) is 5.55. The Morgan fingerprint density at radius 2 is 1.75 bits per heavy atom. The molecule has 0 aliphatic heterocycles. The lowest BCUT2D eigenvalue weighted by Crippen LogP contribution is -2.24. The van der Waals surface area contributed by atoms with E-state index in [4.69, 9.17) is 0 Å². The van der Waals surface area contributed by atoms with Gasteiger partial charge in [-0.25, -0.2) is 9.37 Å². The van der Waals surface area contributed by atoms with E-state index in [0.29, 0.717) is 22.1 Å². The summed E-state index contributed by atoms with van der Waals surface area (Å²) in [5.41, 5.74) is 4.78. The monoisotopic (exact) mass is 502 g/mol. The van der Waals surface area contributed by atoms with E-state index in [1.165, 1.54) is 23.9 Å². The Bertz CT molecular complexity index is 1380. The zero-order chi connectivity index (χ0) is 25.7. The van der Waals surface area contributed by atoms with Crippen molar-refractivity contribution < 1.29 is 14.0 Å². The molecule has 4 aromatic rings. The number of hydrogen-bond donors (Lipinski definition) is 2. The number of nitrogens with one attached hydrogen (secondary N) is 2. The molecule has 2 N–H and O–H groups in total. The molecule has 0 aliphatic rings. The number of benzene rings is 3. The summed E-state index contributed by atoms with van der Waals surface area (Å²) >= 11 is 1.26. The molecule has 0 saturated carbocycles. The van der Waals surface area contributed by atoms with Crippen LogP contribution in [-0.2, 0) is 16.1 Å². The lowest BCUT2D eigenvalue weighted by Gasteiger charge is -2.14. The third-order valence-corrected chi connectivity index (χ3v) is 6.65. The van der Waals surface area contributed by atoms with E-state index in [1.807, 2.05) is 62.4 Å². The second kappa shape index (κ2) is 11.2. The van der Waals surface area contributed by atoms with E-state index in [-0.39, 0.29) is 24.2 Å². The number of imidazole rings is 1. The number of carbonyl (C=O) groups excluding carboxylic acids is 2. The summed E-state index contributed by atoms with van der Waals surface area (Å²) in [6, 6.07) is 21.1. The van der Waals surface area contributed by atoms with Crippen LogP contribution in [0.2, 0.25) is 0 Å². The highest BCUT2D eigenvalue weighted by Crippen LogP contribution is 2.28. The van der Waals surface area contributed by atoms with Crippen molar-refractivity contribution in [3.8, 4) is 11.3 Å². The summed E-state index contributed by atoms with van der Waals surface area (Å²) in [6.45, 7) is 5.69. The lowest BCUT2D eigenvalue weighted by molar-refractivity contribution is -0.117. The smallest absolute Gasteiger partial charge is 0.244 e. The Morgan fingerprint density at radius 1 is 1.00 bits per heavy atom. The fourth-order valence-electron chi connectivity index (χ4n) is 3.60. The van der Waals surface area contributed by atoms with Gasteiger partial charge in [-0.3, -0.25) is 9.59 Å². The van der Waals surface area contributed by atoms with E-state index in [9.17, 15) is 14.0 Å². The lowest BCUT2D eigenvalue weighted by atomic mass is 10.2. The minimum absolute atomic E-state index is 0.0105. The summed E-state index contributed by atoms with van der Waals surface area (Å²) in [6.07, 6.45) is 1.75. The highest BCUT2D eigenvalue weighted by molar-refractivity contribution is 8.00. The number of anilines is 2. The molecular formula is C28H27FN4O2S. The molecule has 36 heavy (non-hydrogen) atoms. The fraction of sp³-hybridized carbons (Fsp3) is 0.179. The van der Waals surface area contributed by atoms with Gasteiger partial charge >= 0.3 is 0 Å².